The van der Waals surface area contributed by atoms with E-state index in [1.54, 1.807) is 23.5 Å². The number of halogens is 1. The molecule has 0 spiro atoms. The average molecular weight is 441 g/mol. The molecule has 2 fully saturated rings. The van der Waals surface area contributed by atoms with Crippen LogP contribution >= 0.6 is 11.3 Å². The Bertz CT molecular complexity index is 1020. The summed E-state index contributed by atoms with van der Waals surface area (Å²) in [5.74, 6) is 1.15. The molecule has 0 N–H and O–H groups in total. The van der Waals surface area contributed by atoms with Crippen LogP contribution in [0.5, 0.6) is 0 Å². The molecule has 0 bridgehead atoms. The quantitative estimate of drug-likeness (QED) is 0.598. The van der Waals surface area contributed by atoms with E-state index in [1.807, 2.05) is 22.4 Å². The summed E-state index contributed by atoms with van der Waals surface area (Å²) in [5.41, 5.74) is 0.448. The van der Waals surface area contributed by atoms with Crippen molar-refractivity contribution in [3.63, 3.8) is 0 Å². The number of benzene rings is 1. The summed E-state index contributed by atoms with van der Waals surface area (Å²) >= 11 is 1.59. The summed E-state index contributed by atoms with van der Waals surface area (Å²) < 4.78 is 18.9. The summed E-state index contributed by atoms with van der Waals surface area (Å²) in [6, 6.07) is 10.5. The highest BCUT2D eigenvalue weighted by Crippen LogP contribution is 2.43. The second-order valence-electron chi connectivity index (χ2n) is 8.35. The summed E-state index contributed by atoms with van der Waals surface area (Å²) in [5, 5.41) is 6.07. The van der Waals surface area contributed by atoms with E-state index in [1.165, 1.54) is 12.1 Å². The second kappa shape index (κ2) is 8.51. The third kappa shape index (κ3) is 4.02. The minimum absolute atomic E-state index is 0.189. The molecule has 31 heavy (non-hydrogen) atoms. The van der Waals surface area contributed by atoms with Gasteiger partial charge in [0.2, 0.25) is 17.6 Å². The number of carbonyl (C=O) groups is 1. The Morgan fingerprint density at radius 3 is 2.52 bits per heavy atom. The molecule has 2 aromatic heterocycles. The van der Waals surface area contributed by atoms with Crippen molar-refractivity contribution in [2.24, 2.45) is 0 Å². The molecular formula is C23H25FN4O2S. The van der Waals surface area contributed by atoms with Crippen molar-refractivity contribution in [1.82, 2.24) is 19.9 Å². The summed E-state index contributed by atoms with van der Waals surface area (Å²) in [7, 11) is 0. The zero-order chi connectivity index (χ0) is 21.3. The molecule has 3 aromatic rings. The molecule has 5 rings (SSSR count). The highest BCUT2D eigenvalue weighted by atomic mass is 32.1. The van der Waals surface area contributed by atoms with Crippen LogP contribution in [0.4, 0.5) is 4.39 Å². The fourth-order valence-electron chi connectivity index (χ4n) is 4.80. The van der Waals surface area contributed by atoms with Crippen molar-refractivity contribution < 1.29 is 13.7 Å². The monoisotopic (exact) mass is 440 g/mol. The standard InChI is InChI=1S/C23H25FN4O2S/c24-18-7-5-17(6-8-18)23(9-1-2-10-23)22(29)28-13-11-27(12-14-28)16-20-25-21(26-30-20)19-4-3-15-31-19/h3-8,15H,1-2,9-14,16H2. The summed E-state index contributed by atoms with van der Waals surface area (Å²) in [6.45, 7) is 3.47. The normalized spacial score (nSPS) is 19.1. The summed E-state index contributed by atoms with van der Waals surface area (Å²) in [4.78, 5) is 23.3. The van der Waals surface area contributed by atoms with Crippen LogP contribution in [0.1, 0.15) is 37.1 Å². The molecule has 0 atom stereocenters. The Morgan fingerprint density at radius 1 is 1.10 bits per heavy atom. The van der Waals surface area contributed by atoms with Crippen molar-refractivity contribution >= 4 is 17.2 Å². The molecule has 1 aliphatic heterocycles. The van der Waals surface area contributed by atoms with E-state index < -0.39 is 5.41 Å². The van der Waals surface area contributed by atoms with Crippen LogP contribution in [0.3, 0.4) is 0 Å². The molecule has 2 aliphatic rings. The Hall–Kier alpha value is -2.58. The van der Waals surface area contributed by atoms with Gasteiger partial charge in [0.1, 0.15) is 5.82 Å². The van der Waals surface area contributed by atoms with Crippen molar-refractivity contribution in [2.75, 3.05) is 26.2 Å². The minimum Gasteiger partial charge on any atom is -0.339 e. The molecule has 1 aromatic carbocycles. The number of amides is 1. The van der Waals surface area contributed by atoms with Crippen LogP contribution < -0.4 is 0 Å². The molecule has 1 aliphatic carbocycles. The molecule has 1 saturated carbocycles. The smallest absolute Gasteiger partial charge is 0.241 e. The van der Waals surface area contributed by atoms with Crippen molar-refractivity contribution in [1.29, 1.82) is 0 Å². The third-order valence-electron chi connectivity index (χ3n) is 6.49. The number of hydrogen-bond acceptors (Lipinski definition) is 6. The molecule has 1 saturated heterocycles. The van der Waals surface area contributed by atoms with Crippen LogP contribution in [-0.4, -0.2) is 52.0 Å². The lowest BCUT2D eigenvalue weighted by Crippen LogP contribution is -2.53. The highest BCUT2D eigenvalue weighted by Gasteiger charge is 2.45. The molecular weight excluding hydrogens is 415 g/mol. The minimum atomic E-state index is -0.502. The first kappa shape index (κ1) is 20.3. The Kier molecular flexibility index (Phi) is 5.58. The summed E-state index contributed by atoms with van der Waals surface area (Å²) in [6.07, 6.45) is 3.75. The fourth-order valence-corrected chi connectivity index (χ4v) is 5.45. The van der Waals surface area contributed by atoms with Gasteiger partial charge < -0.3 is 9.42 Å². The zero-order valence-electron chi connectivity index (χ0n) is 17.3. The molecule has 0 radical (unpaired) electrons. The lowest BCUT2D eigenvalue weighted by molar-refractivity contribution is -0.139. The predicted molar refractivity (Wildman–Crippen MR) is 116 cm³/mol. The fraction of sp³-hybridized carbons (Fsp3) is 0.435. The van der Waals surface area contributed by atoms with Gasteiger partial charge in [-0.25, -0.2) is 4.39 Å². The van der Waals surface area contributed by atoms with Gasteiger partial charge in [-0.05, 0) is 42.0 Å². The number of piperazine rings is 1. The van der Waals surface area contributed by atoms with Gasteiger partial charge in [-0.3, -0.25) is 9.69 Å². The predicted octanol–water partition coefficient (Wildman–Crippen LogP) is 4.09. The van der Waals surface area contributed by atoms with Crippen molar-refractivity contribution in [2.45, 2.75) is 37.6 Å². The maximum Gasteiger partial charge on any atom is 0.241 e. The number of nitrogens with zero attached hydrogens (tertiary/aromatic N) is 4. The second-order valence-corrected chi connectivity index (χ2v) is 9.30. The van der Waals surface area contributed by atoms with Crippen LogP contribution in [0.25, 0.3) is 10.7 Å². The van der Waals surface area contributed by atoms with E-state index in [4.69, 9.17) is 4.52 Å². The van der Waals surface area contributed by atoms with Crippen LogP contribution in [0.15, 0.2) is 46.3 Å². The van der Waals surface area contributed by atoms with Crippen LogP contribution in [0.2, 0.25) is 0 Å². The van der Waals surface area contributed by atoms with E-state index in [9.17, 15) is 9.18 Å². The molecule has 0 unspecified atom stereocenters. The van der Waals surface area contributed by atoms with Gasteiger partial charge >= 0.3 is 0 Å². The Morgan fingerprint density at radius 2 is 1.84 bits per heavy atom. The zero-order valence-corrected chi connectivity index (χ0v) is 18.1. The largest absolute Gasteiger partial charge is 0.339 e. The first-order valence-corrected chi connectivity index (χ1v) is 11.7. The van der Waals surface area contributed by atoms with E-state index in [0.717, 1.165) is 49.2 Å². The maximum atomic E-state index is 13.6. The van der Waals surface area contributed by atoms with E-state index in [-0.39, 0.29) is 11.7 Å². The van der Waals surface area contributed by atoms with Crippen molar-refractivity contribution in [3.05, 3.63) is 59.0 Å². The topological polar surface area (TPSA) is 62.5 Å². The Balaban J connectivity index is 1.22. The van der Waals surface area contributed by atoms with Gasteiger partial charge in [0.05, 0.1) is 16.8 Å². The maximum absolute atomic E-state index is 13.6. The van der Waals surface area contributed by atoms with E-state index in [0.29, 0.717) is 31.3 Å². The SMILES string of the molecule is O=C(N1CCN(Cc2nc(-c3cccs3)no2)CC1)C1(c2ccc(F)cc2)CCCC1. The van der Waals surface area contributed by atoms with Gasteiger partial charge in [0, 0.05) is 26.2 Å². The molecule has 1 amide bonds. The molecule has 162 valence electrons. The first-order chi connectivity index (χ1) is 15.1. The Labute approximate surface area is 184 Å². The van der Waals surface area contributed by atoms with Gasteiger partial charge in [-0.2, -0.15) is 4.98 Å². The van der Waals surface area contributed by atoms with Gasteiger partial charge in [0.15, 0.2) is 0 Å². The first-order valence-electron chi connectivity index (χ1n) is 10.8. The van der Waals surface area contributed by atoms with Gasteiger partial charge in [0.25, 0.3) is 0 Å². The van der Waals surface area contributed by atoms with E-state index in [2.05, 4.69) is 15.0 Å². The van der Waals surface area contributed by atoms with Gasteiger partial charge in [-0.1, -0.05) is 36.2 Å². The number of carbonyl (C=O) groups excluding carboxylic acids is 1. The van der Waals surface area contributed by atoms with Gasteiger partial charge in [-0.15, -0.1) is 11.3 Å². The number of aromatic nitrogens is 2. The molecule has 6 nitrogen and oxygen atoms in total. The van der Waals surface area contributed by atoms with Crippen molar-refractivity contribution in [3.8, 4) is 10.7 Å². The number of thiophene rings is 1. The van der Waals surface area contributed by atoms with Crippen LogP contribution in [0, 0.1) is 5.82 Å². The molecule has 8 heteroatoms. The average Bonchev–Trinajstić information content (AvgIpc) is 3.56. The molecule has 3 heterocycles. The lowest BCUT2D eigenvalue weighted by Gasteiger charge is -2.39. The number of hydrogen-bond donors (Lipinski definition) is 0. The lowest BCUT2D eigenvalue weighted by atomic mass is 9.77. The van der Waals surface area contributed by atoms with E-state index >= 15 is 0 Å². The number of rotatable bonds is 5. The third-order valence-corrected chi connectivity index (χ3v) is 7.36. The highest BCUT2D eigenvalue weighted by molar-refractivity contribution is 7.13. The van der Waals surface area contributed by atoms with Crippen LogP contribution in [-0.2, 0) is 16.8 Å².